The normalized spacial score (nSPS) is 21.9. The van der Waals surface area contributed by atoms with Gasteiger partial charge in [-0.05, 0) is 41.3 Å². The molecule has 0 spiro atoms. The average Bonchev–Trinajstić information content (AvgIpc) is 2.97. The van der Waals surface area contributed by atoms with Gasteiger partial charge in [-0.1, -0.05) is 36.4 Å². The van der Waals surface area contributed by atoms with E-state index >= 15 is 0 Å². The number of aryl methyl sites for hydroxylation is 1. The number of fused-ring (bicyclic) bond motifs is 2. The van der Waals surface area contributed by atoms with E-state index < -0.39 is 5.60 Å². The fraction of sp³-hybridized carbons (Fsp3) is 0.222. The van der Waals surface area contributed by atoms with Gasteiger partial charge in [0.2, 0.25) is 0 Å². The molecule has 4 rings (SSSR count). The van der Waals surface area contributed by atoms with E-state index in [0.717, 1.165) is 41.5 Å². The molecular weight excluding hydrogens is 248 g/mol. The van der Waals surface area contributed by atoms with Crippen LogP contribution in [-0.2, 0) is 12.0 Å². The molecule has 0 amide bonds. The maximum Gasteiger partial charge on any atom is 0.118 e. The van der Waals surface area contributed by atoms with Gasteiger partial charge in [-0.25, -0.2) is 0 Å². The van der Waals surface area contributed by atoms with Gasteiger partial charge in [0.15, 0.2) is 0 Å². The minimum Gasteiger partial charge on any atom is -0.469 e. The Hall–Kier alpha value is -2.06. The molecule has 20 heavy (non-hydrogen) atoms. The first-order valence-corrected chi connectivity index (χ1v) is 7.06. The van der Waals surface area contributed by atoms with Gasteiger partial charge in [-0.15, -0.1) is 0 Å². The molecule has 1 unspecified atom stereocenters. The largest absolute Gasteiger partial charge is 0.469 e. The van der Waals surface area contributed by atoms with Gasteiger partial charge >= 0.3 is 0 Å². The lowest BCUT2D eigenvalue weighted by Crippen LogP contribution is -2.30. The fourth-order valence-corrected chi connectivity index (χ4v) is 3.29. The Bertz CT molecular complexity index is 772. The summed E-state index contributed by atoms with van der Waals surface area (Å²) >= 11 is 0. The highest BCUT2D eigenvalue weighted by atomic mass is 16.3. The molecule has 2 nitrogen and oxygen atoms in total. The number of benzene rings is 2. The van der Waals surface area contributed by atoms with Gasteiger partial charge in [-0.2, -0.15) is 0 Å². The highest BCUT2D eigenvalue weighted by Gasteiger charge is 2.37. The van der Waals surface area contributed by atoms with Crippen molar-refractivity contribution >= 4 is 10.8 Å². The molecule has 3 aromatic rings. The second-order valence-corrected chi connectivity index (χ2v) is 5.53. The molecule has 0 fully saturated rings. The quantitative estimate of drug-likeness (QED) is 0.720. The molecular formula is C18H16O2. The van der Waals surface area contributed by atoms with Crippen LogP contribution in [0.5, 0.6) is 0 Å². The molecule has 1 aliphatic rings. The monoisotopic (exact) mass is 264 g/mol. The van der Waals surface area contributed by atoms with Gasteiger partial charge in [0.1, 0.15) is 11.4 Å². The summed E-state index contributed by atoms with van der Waals surface area (Å²) in [4.78, 5) is 0. The van der Waals surface area contributed by atoms with Crippen LogP contribution in [0.4, 0.5) is 0 Å². The van der Waals surface area contributed by atoms with Crippen LogP contribution in [0.1, 0.15) is 29.7 Å². The van der Waals surface area contributed by atoms with Crippen LogP contribution in [0.3, 0.4) is 0 Å². The van der Waals surface area contributed by atoms with Crippen LogP contribution in [0.15, 0.2) is 59.2 Å². The van der Waals surface area contributed by atoms with Crippen LogP contribution >= 0.6 is 0 Å². The summed E-state index contributed by atoms with van der Waals surface area (Å²) in [7, 11) is 0. The van der Waals surface area contributed by atoms with Gasteiger partial charge in [0, 0.05) is 12.0 Å². The van der Waals surface area contributed by atoms with Crippen LogP contribution in [-0.4, -0.2) is 5.11 Å². The van der Waals surface area contributed by atoms with E-state index in [4.69, 9.17) is 4.42 Å². The third kappa shape index (κ3) is 1.61. The van der Waals surface area contributed by atoms with Crippen molar-refractivity contribution in [3.63, 3.8) is 0 Å². The molecule has 1 heterocycles. The van der Waals surface area contributed by atoms with Crippen molar-refractivity contribution in [2.45, 2.75) is 24.9 Å². The molecule has 1 aromatic heterocycles. The van der Waals surface area contributed by atoms with E-state index in [1.54, 1.807) is 6.26 Å². The Morgan fingerprint density at radius 3 is 2.75 bits per heavy atom. The lowest BCUT2D eigenvalue weighted by atomic mass is 9.77. The summed E-state index contributed by atoms with van der Waals surface area (Å²) in [5.74, 6) is 0.923. The average molecular weight is 264 g/mol. The Kier molecular flexibility index (Phi) is 2.48. The minimum absolute atomic E-state index is 0.748. The van der Waals surface area contributed by atoms with Crippen molar-refractivity contribution in [2.75, 3.05) is 0 Å². The van der Waals surface area contributed by atoms with Gasteiger partial charge in [0.05, 0.1) is 6.26 Å². The zero-order valence-corrected chi connectivity index (χ0v) is 11.2. The first-order chi connectivity index (χ1) is 9.77. The highest BCUT2D eigenvalue weighted by molar-refractivity contribution is 5.83. The SMILES string of the molecule is OC1(c2ccc3ccccc3c2)CCCc2occc21. The van der Waals surface area contributed by atoms with E-state index in [2.05, 4.69) is 24.3 Å². The van der Waals surface area contributed by atoms with Gasteiger partial charge < -0.3 is 9.52 Å². The number of hydrogen-bond donors (Lipinski definition) is 1. The van der Waals surface area contributed by atoms with E-state index in [-0.39, 0.29) is 0 Å². The van der Waals surface area contributed by atoms with E-state index in [1.807, 2.05) is 24.3 Å². The van der Waals surface area contributed by atoms with Crippen LogP contribution < -0.4 is 0 Å². The minimum atomic E-state index is -0.912. The second kappa shape index (κ2) is 4.22. The summed E-state index contributed by atoms with van der Waals surface area (Å²) in [5, 5.41) is 13.5. The maximum atomic E-state index is 11.2. The van der Waals surface area contributed by atoms with E-state index in [0.29, 0.717) is 0 Å². The van der Waals surface area contributed by atoms with Gasteiger partial charge in [0.25, 0.3) is 0 Å². The number of furan rings is 1. The summed E-state index contributed by atoms with van der Waals surface area (Å²) in [6.07, 6.45) is 4.29. The Morgan fingerprint density at radius 2 is 1.85 bits per heavy atom. The number of rotatable bonds is 1. The molecule has 0 aliphatic heterocycles. The molecule has 1 aliphatic carbocycles. The molecule has 100 valence electrons. The molecule has 0 saturated heterocycles. The highest BCUT2D eigenvalue weighted by Crippen LogP contribution is 2.41. The lowest BCUT2D eigenvalue weighted by molar-refractivity contribution is 0.0591. The molecule has 1 N–H and O–H groups in total. The third-order valence-corrected chi connectivity index (χ3v) is 4.36. The van der Waals surface area contributed by atoms with Crippen LogP contribution in [0.2, 0.25) is 0 Å². The lowest BCUT2D eigenvalue weighted by Gasteiger charge is -2.32. The van der Waals surface area contributed by atoms with Crippen molar-refractivity contribution in [3.8, 4) is 0 Å². The van der Waals surface area contributed by atoms with Crippen molar-refractivity contribution in [1.29, 1.82) is 0 Å². The Labute approximate surface area is 117 Å². The smallest absolute Gasteiger partial charge is 0.118 e. The maximum absolute atomic E-state index is 11.2. The van der Waals surface area contributed by atoms with Crippen LogP contribution in [0, 0.1) is 0 Å². The zero-order valence-electron chi connectivity index (χ0n) is 11.2. The molecule has 2 aromatic carbocycles. The van der Waals surface area contributed by atoms with Crippen molar-refractivity contribution in [1.82, 2.24) is 0 Å². The molecule has 2 heteroatoms. The van der Waals surface area contributed by atoms with Crippen molar-refractivity contribution < 1.29 is 9.52 Å². The summed E-state index contributed by atoms with van der Waals surface area (Å²) in [6.45, 7) is 0. The molecule has 0 bridgehead atoms. The predicted octanol–water partition coefficient (Wildman–Crippen LogP) is 4.01. The first-order valence-electron chi connectivity index (χ1n) is 7.06. The van der Waals surface area contributed by atoms with Crippen LogP contribution in [0.25, 0.3) is 10.8 Å². The fourth-order valence-electron chi connectivity index (χ4n) is 3.29. The molecule has 1 atom stereocenters. The summed E-state index contributed by atoms with van der Waals surface area (Å²) in [5.41, 5.74) is 0.975. The third-order valence-electron chi connectivity index (χ3n) is 4.36. The van der Waals surface area contributed by atoms with Crippen molar-refractivity contribution in [3.05, 3.63) is 71.7 Å². The predicted molar refractivity (Wildman–Crippen MR) is 78.6 cm³/mol. The topological polar surface area (TPSA) is 33.4 Å². The number of aliphatic hydroxyl groups is 1. The zero-order chi connectivity index (χ0) is 13.6. The summed E-state index contributed by atoms with van der Waals surface area (Å²) in [6, 6.07) is 16.4. The second-order valence-electron chi connectivity index (χ2n) is 5.53. The molecule has 0 saturated carbocycles. The first kappa shape index (κ1) is 11.7. The van der Waals surface area contributed by atoms with E-state index in [9.17, 15) is 5.11 Å². The van der Waals surface area contributed by atoms with E-state index in [1.165, 1.54) is 5.39 Å². The van der Waals surface area contributed by atoms with Gasteiger partial charge in [-0.3, -0.25) is 0 Å². The Balaban J connectivity index is 1.91. The Morgan fingerprint density at radius 1 is 1.00 bits per heavy atom. The van der Waals surface area contributed by atoms with Crippen molar-refractivity contribution in [2.24, 2.45) is 0 Å². The summed E-state index contributed by atoms with van der Waals surface area (Å²) < 4.78 is 5.50. The standard InChI is InChI=1S/C18H16O2/c19-18(10-3-6-17-16(18)9-11-20-17)15-8-7-13-4-1-2-5-14(13)12-15/h1-2,4-5,7-9,11-12,19H,3,6,10H2. The molecule has 0 radical (unpaired) electrons. The number of hydrogen-bond acceptors (Lipinski definition) is 2.